The summed E-state index contributed by atoms with van der Waals surface area (Å²) in [5.74, 6) is 4.67. The molecule has 23 rings (SSSR count). The third-order valence-electron chi connectivity index (χ3n) is 20.5. The zero-order valence-electron chi connectivity index (χ0n) is 48.2. The molecule has 0 saturated heterocycles. The number of allylic oxidation sites excluding steroid dienone is 3. The summed E-state index contributed by atoms with van der Waals surface area (Å²) >= 11 is 0. The number of hydrogen-bond donors (Lipinski definition) is 0. The third kappa shape index (κ3) is 5.95. The van der Waals surface area contributed by atoms with Gasteiger partial charge in [-0.1, -0.05) is 182 Å². The summed E-state index contributed by atoms with van der Waals surface area (Å²) in [4.78, 5) is 22.2. The highest BCUT2D eigenvalue weighted by atomic mass is 16.5. The maximum Gasteiger partial charge on any atom is 0.235 e. The molecule has 14 aromatic carbocycles. The summed E-state index contributed by atoms with van der Waals surface area (Å²) in [6.45, 7) is 0. The van der Waals surface area contributed by atoms with E-state index in [0.717, 1.165) is 133 Å². The average molecular weight is 1160 g/mol. The van der Waals surface area contributed by atoms with E-state index in [-0.39, 0.29) is 5.92 Å². The van der Waals surface area contributed by atoms with Crippen molar-refractivity contribution < 1.29 is 9.47 Å². The van der Waals surface area contributed by atoms with Gasteiger partial charge in [0, 0.05) is 49.5 Å². The normalized spacial score (nSPS) is 14.5. The maximum absolute atomic E-state index is 7.16. The molecule has 0 bridgehead atoms. The fourth-order valence-electron chi connectivity index (χ4n) is 16.5. The first-order valence-electron chi connectivity index (χ1n) is 31.1. The largest absolute Gasteiger partial charge is 0.455 e. The molecular formula is C83H42N6O2. The van der Waals surface area contributed by atoms with Gasteiger partial charge in [0.25, 0.3) is 0 Å². The van der Waals surface area contributed by atoms with Gasteiger partial charge in [-0.2, -0.15) is 0 Å². The molecule has 91 heavy (non-hydrogen) atoms. The van der Waals surface area contributed by atoms with E-state index >= 15 is 0 Å². The SMILES string of the molecule is C1=C[C@@H]2C=C2c2c1c1c3ccc(-c4ccc5ccc6c(c5c4)Oc4cccc5nc(-n7c8ccccc8c8cc9c%10ccccc%10c%10ccccc%10c9cc87)nc-6c45)c4c3c(cc1n2-c1nc2c3c(cccc3n1)Oc1c-2ccc2ccccc12)-c1ccccc1-4. The van der Waals surface area contributed by atoms with Crippen molar-refractivity contribution in [2.75, 3.05) is 0 Å². The summed E-state index contributed by atoms with van der Waals surface area (Å²) in [6, 6.07) is 83.5. The lowest BCUT2D eigenvalue weighted by Gasteiger charge is -2.23. The molecule has 8 heteroatoms. The molecule has 0 N–H and O–H groups in total. The van der Waals surface area contributed by atoms with Crippen molar-refractivity contribution in [2.24, 2.45) is 5.92 Å². The summed E-state index contributed by atoms with van der Waals surface area (Å²) < 4.78 is 18.5. The van der Waals surface area contributed by atoms with E-state index in [1.165, 1.54) is 81.9 Å². The molecule has 4 aromatic heterocycles. The molecule has 0 unspecified atom stereocenters. The second-order valence-corrected chi connectivity index (χ2v) is 25.0. The predicted molar refractivity (Wildman–Crippen MR) is 370 cm³/mol. The van der Waals surface area contributed by atoms with E-state index < -0.39 is 0 Å². The topological polar surface area (TPSA) is 79.9 Å². The minimum absolute atomic E-state index is 0.283. The van der Waals surface area contributed by atoms with Crippen LogP contribution in [0.3, 0.4) is 0 Å². The smallest absolute Gasteiger partial charge is 0.235 e. The Morgan fingerprint density at radius 2 is 0.934 bits per heavy atom. The Kier molecular flexibility index (Phi) is 8.48. The molecule has 3 aliphatic carbocycles. The van der Waals surface area contributed by atoms with E-state index in [1.807, 2.05) is 12.1 Å². The van der Waals surface area contributed by atoms with Crippen LogP contribution in [0, 0.1) is 5.92 Å². The molecule has 416 valence electrons. The van der Waals surface area contributed by atoms with Crippen molar-refractivity contribution in [2.45, 2.75) is 0 Å². The Morgan fingerprint density at radius 1 is 0.341 bits per heavy atom. The molecule has 0 saturated carbocycles. The highest BCUT2D eigenvalue weighted by Gasteiger charge is 2.38. The van der Waals surface area contributed by atoms with Gasteiger partial charge in [0.15, 0.2) is 0 Å². The number of benzene rings is 14. The van der Waals surface area contributed by atoms with Crippen LogP contribution in [-0.2, 0) is 0 Å². The lowest BCUT2D eigenvalue weighted by molar-refractivity contribution is 0.491. The van der Waals surface area contributed by atoms with Crippen molar-refractivity contribution in [1.82, 2.24) is 29.1 Å². The predicted octanol–water partition coefficient (Wildman–Crippen LogP) is 21.4. The number of fused-ring (bicyclic) bond motifs is 26. The van der Waals surface area contributed by atoms with Gasteiger partial charge in [-0.05, 0) is 160 Å². The van der Waals surface area contributed by atoms with E-state index in [4.69, 9.17) is 29.4 Å². The second kappa shape index (κ2) is 16.5. The number of para-hydroxylation sites is 1. The summed E-state index contributed by atoms with van der Waals surface area (Å²) in [5, 5.41) is 19.5. The van der Waals surface area contributed by atoms with Crippen LogP contribution < -0.4 is 9.47 Å². The number of nitrogens with zero attached hydrogens (tertiary/aromatic N) is 6. The fraction of sp³-hybridized carbons (Fsp3) is 0.0120. The minimum atomic E-state index is 0.283. The van der Waals surface area contributed by atoms with Crippen LogP contribution in [0.1, 0.15) is 11.3 Å². The first-order chi connectivity index (χ1) is 45.1. The van der Waals surface area contributed by atoms with Gasteiger partial charge in [0.05, 0.1) is 55.4 Å². The minimum Gasteiger partial charge on any atom is -0.455 e. The Morgan fingerprint density at radius 3 is 1.67 bits per heavy atom. The van der Waals surface area contributed by atoms with Gasteiger partial charge >= 0.3 is 0 Å². The van der Waals surface area contributed by atoms with Gasteiger partial charge in [-0.15, -0.1) is 0 Å². The zero-order valence-corrected chi connectivity index (χ0v) is 48.2. The Balaban J connectivity index is 0.719. The number of ether oxygens (including phenoxy) is 2. The van der Waals surface area contributed by atoms with Gasteiger partial charge in [-0.25, -0.2) is 19.9 Å². The van der Waals surface area contributed by atoms with Crippen molar-refractivity contribution in [3.63, 3.8) is 0 Å². The van der Waals surface area contributed by atoms with E-state index in [9.17, 15) is 0 Å². The first kappa shape index (κ1) is 46.9. The van der Waals surface area contributed by atoms with E-state index in [1.54, 1.807) is 0 Å². The highest BCUT2D eigenvalue weighted by Crippen LogP contribution is 2.58. The van der Waals surface area contributed by atoms with Crippen LogP contribution in [0.4, 0.5) is 0 Å². The van der Waals surface area contributed by atoms with E-state index in [0.29, 0.717) is 11.9 Å². The van der Waals surface area contributed by atoms with Crippen LogP contribution in [0.15, 0.2) is 243 Å². The van der Waals surface area contributed by atoms with E-state index in [2.05, 4.69) is 246 Å². The maximum atomic E-state index is 7.16. The van der Waals surface area contributed by atoms with Crippen LogP contribution >= 0.6 is 0 Å². The van der Waals surface area contributed by atoms with Crippen LogP contribution in [0.5, 0.6) is 23.0 Å². The summed E-state index contributed by atoms with van der Waals surface area (Å²) in [6.07, 6.45) is 7.06. The molecule has 8 nitrogen and oxygen atoms in total. The molecule has 0 spiro atoms. The highest BCUT2D eigenvalue weighted by molar-refractivity contribution is 6.30. The van der Waals surface area contributed by atoms with Crippen molar-refractivity contribution in [3.05, 3.63) is 254 Å². The molecule has 2 aliphatic heterocycles. The fourth-order valence-corrected chi connectivity index (χ4v) is 16.5. The molecule has 0 fully saturated rings. The molecular weight excluding hydrogens is 1110 g/mol. The van der Waals surface area contributed by atoms with Crippen LogP contribution in [0.25, 0.3) is 199 Å². The Bertz CT molecular complexity index is 6660. The molecule has 5 aliphatic rings. The van der Waals surface area contributed by atoms with Gasteiger partial charge in [-0.3, -0.25) is 9.13 Å². The molecule has 0 radical (unpaired) electrons. The Labute approximate surface area is 517 Å². The monoisotopic (exact) mass is 1150 g/mol. The molecule has 1 atom stereocenters. The molecule has 0 amide bonds. The van der Waals surface area contributed by atoms with Gasteiger partial charge in [0.1, 0.15) is 23.0 Å². The number of aromatic nitrogens is 6. The van der Waals surface area contributed by atoms with Crippen molar-refractivity contribution >= 4 is 131 Å². The summed E-state index contributed by atoms with van der Waals surface area (Å²) in [7, 11) is 0. The standard InChI is InChI=1S/C83H42N6O2/c1-2-14-47-42(13-1)29-33-57-77-76-66(23-12-25-70(76)90-80(47)57)85-83(87-77)89-69-41-64-52-19-7-8-21-54(52)73-46(35-36-55(74(64)73)72(69)56-32-31-45-37-59(45)79(56)89)44-28-27-43-30-34-58-78-75-65(22-11-26-71(75)91-81(58)60(43)38-44)84-82(86-78)88-67-24-10-9-20-53(67)63-39-61-50-17-5-3-15-48(50)49-16-4-6-18-51(49)62(61)40-68(63)88/h1-41,45H/t45-/m1/s1. The third-order valence-corrected chi connectivity index (χ3v) is 20.5. The second-order valence-electron chi connectivity index (χ2n) is 25.0. The van der Waals surface area contributed by atoms with Crippen molar-refractivity contribution in [3.8, 4) is 90.8 Å². The van der Waals surface area contributed by atoms with Crippen LogP contribution in [0.2, 0.25) is 0 Å². The number of hydrogen-bond acceptors (Lipinski definition) is 6. The lowest BCUT2D eigenvalue weighted by atomic mass is 9.89. The quantitative estimate of drug-likeness (QED) is 0.164. The number of rotatable bonds is 3. The van der Waals surface area contributed by atoms with Crippen molar-refractivity contribution in [1.29, 1.82) is 0 Å². The lowest BCUT2D eigenvalue weighted by Crippen LogP contribution is -2.09. The molecule has 18 aromatic rings. The Hall–Kier alpha value is -12.3. The average Bonchev–Trinajstić information content (AvgIpc) is 1.55. The van der Waals surface area contributed by atoms with Gasteiger partial charge < -0.3 is 9.47 Å². The summed E-state index contributed by atoms with van der Waals surface area (Å²) in [5.41, 5.74) is 19.3. The van der Waals surface area contributed by atoms with Gasteiger partial charge in [0.2, 0.25) is 11.9 Å². The molecule has 6 heterocycles. The zero-order chi connectivity index (χ0) is 58.6. The van der Waals surface area contributed by atoms with Crippen LogP contribution in [-0.4, -0.2) is 29.1 Å². The first-order valence-corrected chi connectivity index (χ1v) is 31.1.